The second kappa shape index (κ2) is 5.89. The van der Waals surface area contributed by atoms with Crippen molar-refractivity contribution in [2.75, 3.05) is 6.61 Å². The van der Waals surface area contributed by atoms with E-state index in [2.05, 4.69) is 45.0 Å². The monoisotopic (exact) mass is 255 g/mol. The van der Waals surface area contributed by atoms with Crippen LogP contribution in [0.5, 0.6) is 5.75 Å². The van der Waals surface area contributed by atoms with Crippen LogP contribution in [0.25, 0.3) is 0 Å². The van der Waals surface area contributed by atoms with Gasteiger partial charge in [-0.25, -0.2) is 0 Å². The van der Waals surface area contributed by atoms with E-state index in [1.165, 1.54) is 16.7 Å². The number of hydrogen-bond acceptors (Lipinski definition) is 2. The largest absolute Gasteiger partial charge is 0.492 e. The van der Waals surface area contributed by atoms with Crippen molar-refractivity contribution in [1.29, 1.82) is 0 Å². The van der Waals surface area contributed by atoms with Gasteiger partial charge in [0.1, 0.15) is 12.4 Å². The molecule has 2 aromatic rings. The minimum atomic E-state index is -0.0974. The summed E-state index contributed by atoms with van der Waals surface area (Å²) in [4.78, 5) is 0. The quantitative estimate of drug-likeness (QED) is 0.904. The van der Waals surface area contributed by atoms with Gasteiger partial charge in [0.05, 0.1) is 6.04 Å². The Bertz CT molecular complexity index is 563. The summed E-state index contributed by atoms with van der Waals surface area (Å²) in [6.07, 6.45) is 0. The molecule has 2 rings (SSSR count). The second-order valence-electron chi connectivity index (χ2n) is 5.08. The molecule has 2 aromatic carbocycles. The zero-order chi connectivity index (χ0) is 13.8. The highest BCUT2D eigenvalue weighted by Crippen LogP contribution is 2.18. The number of ether oxygens (including phenoxy) is 1. The van der Waals surface area contributed by atoms with E-state index in [9.17, 15) is 0 Å². The molecule has 19 heavy (non-hydrogen) atoms. The molecule has 0 fully saturated rings. The lowest BCUT2D eigenvalue weighted by atomic mass is 10.0. The molecule has 0 aliphatic heterocycles. The minimum absolute atomic E-state index is 0.0974. The first-order valence-corrected chi connectivity index (χ1v) is 6.58. The molecule has 0 heterocycles. The molecule has 2 N–H and O–H groups in total. The molecule has 1 unspecified atom stereocenters. The van der Waals surface area contributed by atoms with Gasteiger partial charge in [-0.15, -0.1) is 0 Å². The summed E-state index contributed by atoms with van der Waals surface area (Å²) in [5.41, 5.74) is 11.0. The van der Waals surface area contributed by atoms with E-state index in [4.69, 9.17) is 10.5 Å². The van der Waals surface area contributed by atoms with Crippen molar-refractivity contribution in [2.24, 2.45) is 5.73 Å². The molecule has 2 heteroatoms. The predicted octanol–water partition coefficient (Wildman–Crippen LogP) is 3.69. The van der Waals surface area contributed by atoms with Crippen LogP contribution in [0.2, 0.25) is 0 Å². The third-order valence-corrected chi connectivity index (χ3v) is 3.38. The van der Waals surface area contributed by atoms with Crippen LogP contribution in [-0.4, -0.2) is 6.61 Å². The molecule has 0 bridgehead atoms. The summed E-state index contributed by atoms with van der Waals surface area (Å²) >= 11 is 0. The van der Waals surface area contributed by atoms with Crippen molar-refractivity contribution >= 4 is 0 Å². The molecule has 1 atom stereocenters. The number of nitrogens with two attached hydrogens (primary N) is 1. The Balaban J connectivity index is 2.01. The topological polar surface area (TPSA) is 35.2 Å². The Hall–Kier alpha value is -1.80. The summed E-state index contributed by atoms with van der Waals surface area (Å²) < 4.78 is 5.75. The molecular weight excluding hydrogens is 234 g/mol. The maximum atomic E-state index is 6.17. The highest BCUT2D eigenvalue weighted by atomic mass is 16.5. The summed E-state index contributed by atoms with van der Waals surface area (Å²) in [5.74, 6) is 0.874. The molecule has 0 aliphatic carbocycles. The fraction of sp³-hybridized carbons (Fsp3) is 0.294. The number of aryl methyl sites for hydroxylation is 3. The highest BCUT2D eigenvalue weighted by molar-refractivity contribution is 5.32. The lowest BCUT2D eigenvalue weighted by Crippen LogP contribution is -2.19. The summed E-state index contributed by atoms with van der Waals surface area (Å²) in [5, 5.41) is 0. The Morgan fingerprint density at radius 3 is 2.47 bits per heavy atom. The van der Waals surface area contributed by atoms with Gasteiger partial charge in [0.15, 0.2) is 0 Å². The van der Waals surface area contributed by atoms with Gasteiger partial charge in [-0.05, 0) is 55.2 Å². The van der Waals surface area contributed by atoms with Crippen molar-refractivity contribution in [3.05, 3.63) is 64.7 Å². The first kappa shape index (κ1) is 13.6. The average molecular weight is 255 g/mol. The number of benzene rings is 2. The molecule has 0 saturated carbocycles. The zero-order valence-electron chi connectivity index (χ0n) is 11.8. The fourth-order valence-corrected chi connectivity index (χ4v) is 1.98. The summed E-state index contributed by atoms with van der Waals surface area (Å²) in [6, 6.07) is 14.2. The van der Waals surface area contributed by atoms with Gasteiger partial charge in [0, 0.05) is 0 Å². The SMILES string of the molecule is Cc1cccc(OCC(N)c2ccc(C)c(C)c2)c1. The van der Waals surface area contributed by atoms with E-state index in [0.29, 0.717) is 6.61 Å². The molecule has 2 nitrogen and oxygen atoms in total. The van der Waals surface area contributed by atoms with Crippen LogP contribution in [0.4, 0.5) is 0 Å². The van der Waals surface area contributed by atoms with Gasteiger partial charge in [0.2, 0.25) is 0 Å². The molecule has 0 aromatic heterocycles. The Morgan fingerprint density at radius 2 is 1.79 bits per heavy atom. The van der Waals surface area contributed by atoms with E-state index < -0.39 is 0 Å². The molecule has 0 spiro atoms. The molecule has 0 saturated heterocycles. The van der Waals surface area contributed by atoms with Crippen LogP contribution in [-0.2, 0) is 0 Å². The lowest BCUT2D eigenvalue weighted by Gasteiger charge is -2.15. The molecule has 0 radical (unpaired) electrons. The summed E-state index contributed by atoms with van der Waals surface area (Å²) in [6.45, 7) is 6.75. The maximum absolute atomic E-state index is 6.17. The van der Waals surface area contributed by atoms with Crippen molar-refractivity contribution < 1.29 is 4.74 Å². The maximum Gasteiger partial charge on any atom is 0.119 e. The van der Waals surface area contributed by atoms with Crippen molar-refractivity contribution in [3.63, 3.8) is 0 Å². The van der Waals surface area contributed by atoms with E-state index in [1.54, 1.807) is 0 Å². The van der Waals surface area contributed by atoms with Gasteiger partial charge in [-0.3, -0.25) is 0 Å². The van der Waals surface area contributed by atoms with Crippen LogP contribution in [0.15, 0.2) is 42.5 Å². The normalized spacial score (nSPS) is 12.2. The molecule has 0 aliphatic rings. The summed E-state index contributed by atoms with van der Waals surface area (Å²) in [7, 11) is 0. The Labute approximate surface area is 115 Å². The van der Waals surface area contributed by atoms with Gasteiger partial charge in [-0.2, -0.15) is 0 Å². The van der Waals surface area contributed by atoms with Crippen LogP contribution < -0.4 is 10.5 Å². The third kappa shape index (κ3) is 3.58. The van der Waals surface area contributed by atoms with E-state index in [-0.39, 0.29) is 6.04 Å². The Kier molecular flexibility index (Phi) is 4.23. The van der Waals surface area contributed by atoms with Crippen LogP contribution in [0.3, 0.4) is 0 Å². The number of hydrogen-bond donors (Lipinski definition) is 1. The van der Waals surface area contributed by atoms with Crippen LogP contribution in [0.1, 0.15) is 28.3 Å². The third-order valence-electron chi connectivity index (χ3n) is 3.38. The van der Waals surface area contributed by atoms with Gasteiger partial charge in [0.25, 0.3) is 0 Å². The second-order valence-corrected chi connectivity index (χ2v) is 5.08. The van der Waals surface area contributed by atoms with Crippen molar-refractivity contribution in [2.45, 2.75) is 26.8 Å². The van der Waals surface area contributed by atoms with Crippen LogP contribution >= 0.6 is 0 Å². The van der Waals surface area contributed by atoms with Gasteiger partial charge >= 0.3 is 0 Å². The van der Waals surface area contributed by atoms with Crippen molar-refractivity contribution in [3.8, 4) is 5.75 Å². The van der Waals surface area contributed by atoms with E-state index in [1.807, 2.05) is 18.2 Å². The molecule has 0 amide bonds. The van der Waals surface area contributed by atoms with Gasteiger partial charge < -0.3 is 10.5 Å². The average Bonchev–Trinajstić information content (AvgIpc) is 2.39. The zero-order valence-corrected chi connectivity index (χ0v) is 11.8. The first-order chi connectivity index (χ1) is 9.06. The standard InChI is InChI=1S/C17H21NO/c1-12-5-4-6-16(9-12)19-11-17(18)15-8-7-13(2)14(3)10-15/h4-10,17H,11,18H2,1-3H3. The van der Waals surface area contributed by atoms with Crippen molar-refractivity contribution in [1.82, 2.24) is 0 Å². The minimum Gasteiger partial charge on any atom is -0.492 e. The van der Waals surface area contributed by atoms with Crippen LogP contribution in [0, 0.1) is 20.8 Å². The lowest BCUT2D eigenvalue weighted by molar-refractivity contribution is 0.290. The Morgan fingerprint density at radius 1 is 1.00 bits per heavy atom. The highest BCUT2D eigenvalue weighted by Gasteiger charge is 2.08. The van der Waals surface area contributed by atoms with E-state index >= 15 is 0 Å². The molecular formula is C17H21NO. The predicted molar refractivity (Wildman–Crippen MR) is 79.5 cm³/mol. The van der Waals surface area contributed by atoms with E-state index in [0.717, 1.165) is 11.3 Å². The first-order valence-electron chi connectivity index (χ1n) is 6.58. The van der Waals surface area contributed by atoms with Gasteiger partial charge in [-0.1, -0.05) is 30.3 Å². The smallest absolute Gasteiger partial charge is 0.119 e. The number of rotatable bonds is 4. The fourth-order valence-electron chi connectivity index (χ4n) is 1.98. The molecule has 100 valence electrons.